The zero-order valence-corrected chi connectivity index (χ0v) is 14.0. The normalized spacial score (nSPS) is 38.1. The third-order valence-corrected chi connectivity index (χ3v) is 7.77. The number of fused-ring (bicyclic) bond motifs is 1. The van der Waals surface area contributed by atoms with E-state index in [-0.39, 0.29) is 10.4 Å². The van der Waals surface area contributed by atoms with Crippen molar-refractivity contribution in [3.63, 3.8) is 0 Å². The number of sulfonamides is 1. The van der Waals surface area contributed by atoms with E-state index in [4.69, 9.17) is 4.74 Å². The van der Waals surface area contributed by atoms with Crippen molar-refractivity contribution in [2.24, 2.45) is 0 Å². The van der Waals surface area contributed by atoms with Gasteiger partial charge in [-0.05, 0) is 25.5 Å². The fourth-order valence-electron chi connectivity index (χ4n) is 3.52. The summed E-state index contributed by atoms with van der Waals surface area (Å²) in [6, 6.07) is 7.00. The second kappa shape index (κ2) is 4.19. The largest absolute Gasteiger partial charge is 0.361 e. The minimum absolute atomic E-state index is 0.119. The molecule has 21 heavy (non-hydrogen) atoms. The second-order valence-corrected chi connectivity index (χ2v) is 9.62. The van der Waals surface area contributed by atoms with Gasteiger partial charge >= 0.3 is 0 Å². The highest BCUT2D eigenvalue weighted by atomic mass is 79.9. The van der Waals surface area contributed by atoms with Crippen LogP contribution in [0.2, 0.25) is 0 Å². The van der Waals surface area contributed by atoms with Gasteiger partial charge in [-0.2, -0.15) is 4.31 Å². The molecule has 3 atom stereocenters. The molecule has 3 aliphatic rings. The van der Waals surface area contributed by atoms with Crippen LogP contribution in [0.15, 0.2) is 41.3 Å². The molecule has 0 saturated carbocycles. The summed E-state index contributed by atoms with van der Waals surface area (Å²) < 4.78 is 32.9. The molecule has 4 rings (SSSR count). The first-order chi connectivity index (χ1) is 9.85. The molecule has 0 amide bonds. The van der Waals surface area contributed by atoms with Gasteiger partial charge in [-0.15, -0.1) is 0 Å². The highest BCUT2D eigenvalue weighted by Crippen LogP contribution is 2.56. The number of hydrogen-bond donors (Lipinski definition) is 0. The van der Waals surface area contributed by atoms with Crippen molar-refractivity contribution in [1.29, 1.82) is 0 Å². The number of hydrogen-bond acceptors (Lipinski definition) is 3. The smallest absolute Gasteiger partial charge is 0.243 e. The number of nitrogens with zero attached hydrogens (tertiary/aromatic N) is 1. The molecule has 3 aliphatic heterocycles. The summed E-state index contributed by atoms with van der Waals surface area (Å²) in [6.07, 6.45) is 5.01. The minimum Gasteiger partial charge on any atom is -0.361 e. The fourth-order valence-corrected chi connectivity index (χ4v) is 6.19. The van der Waals surface area contributed by atoms with Gasteiger partial charge in [-0.3, -0.25) is 0 Å². The van der Waals surface area contributed by atoms with Gasteiger partial charge in [0, 0.05) is 13.1 Å². The van der Waals surface area contributed by atoms with Crippen molar-refractivity contribution in [3.05, 3.63) is 42.0 Å². The molecule has 2 fully saturated rings. The quantitative estimate of drug-likeness (QED) is 0.593. The van der Waals surface area contributed by atoms with Crippen LogP contribution in [0.4, 0.5) is 0 Å². The van der Waals surface area contributed by atoms with Gasteiger partial charge in [0.05, 0.1) is 15.3 Å². The van der Waals surface area contributed by atoms with Crippen LogP contribution in [0.3, 0.4) is 0 Å². The summed E-state index contributed by atoms with van der Waals surface area (Å²) in [6.45, 7) is 2.77. The van der Waals surface area contributed by atoms with Crippen LogP contribution >= 0.6 is 15.9 Å². The lowest BCUT2D eigenvalue weighted by atomic mass is 9.86. The molecule has 0 unspecified atom stereocenters. The minimum atomic E-state index is -3.48. The SMILES string of the molecule is Cc1ccc(S(=O)(=O)N2C[C@]3(Br)C[C@H]4C=C[C@]3(C2)O4)cc1. The number of halogens is 1. The van der Waals surface area contributed by atoms with Crippen LogP contribution in [0, 0.1) is 6.92 Å². The van der Waals surface area contributed by atoms with Gasteiger partial charge in [-0.25, -0.2) is 8.42 Å². The van der Waals surface area contributed by atoms with Gasteiger partial charge < -0.3 is 4.74 Å². The summed E-state index contributed by atoms with van der Waals surface area (Å²) >= 11 is 3.76. The summed E-state index contributed by atoms with van der Waals surface area (Å²) in [4.78, 5) is 0.346. The summed E-state index contributed by atoms with van der Waals surface area (Å²) in [5.41, 5.74) is 0.544. The Morgan fingerprint density at radius 3 is 2.62 bits per heavy atom. The Balaban J connectivity index is 1.70. The van der Waals surface area contributed by atoms with Gasteiger partial charge in [0.15, 0.2) is 0 Å². The molecule has 2 bridgehead atoms. The Morgan fingerprint density at radius 1 is 1.29 bits per heavy atom. The van der Waals surface area contributed by atoms with Crippen LogP contribution in [0.1, 0.15) is 12.0 Å². The molecule has 112 valence electrons. The van der Waals surface area contributed by atoms with E-state index in [0.29, 0.717) is 18.0 Å². The Labute approximate surface area is 133 Å². The van der Waals surface area contributed by atoms with E-state index in [1.807, 2.05) is 31.2 Å². The lowest BCUT2D eigenvalue weighted by molar-refractivity contribution is 0.0342. The maximum absolute atomic E-state index is 12.8. The zero-order valence-electron chi connectivity index (χ0n) is 11.6. The second-order valence-electron chi connectivity index (χ2n) is 6.16. The summed E-state index contributed by atoms with van der Waals surface area (Å²) in [7, 11) is -3.48. The molecule has 0 radical (unpaired) electrons. The van der Waals surface area contributed by atoms with E-state index in [1.165, 1.54) is 4.31 Å². The van der Waals surface area contributed by atoms with Crippen molar-refractivity contribution < 1.29 is 13.2 Å². The van der Waals surface area contributed by atoms with Crippen LogP contribution in [-0.2, 0) is 14.8 Å². The van der Waals surface area contributed by atoms with Gasteiger partial charge in [0.1, 0.15) is 5.60 Å². The fraction of sp³-hybridized carbons (Fsp3) is 0.467. The number of ether oxygens (including phenoxy) is 1. The van der Waals surface area contributed by atoms with Gasteiger partial charge in [-0.1, -0.05) is 45.8 Å². The molecular weight excluding hydrogens is 354 g/mol. The summed E-state index contributed by atoms with van der Waals surface area (Å²) in [5.74, 6) is 0. The Morgan fingerprint density at radius 2 is 2.00 bits per heavy atom. The monoisotopic (exact) mass is 369 g/mol. The predicted octanol–water partition coefficient (Wildman–Crippen LogP) is 2.23. The average molecular weight is 370 g/mol. The zero-order chi connectivity index (χ0) is 14.9. The van der Waals surface area contributed by atoms with E-state index < -0.39 is 15.6 Å². The highest BCUT2D eigenvalue weighted by Gasteiger charge is 2.66. The maximum Gasteiger partial charge on any atom is 0.243 e. The molecule has 6 heteroatoms. The average Bonchev–Trinajstić information content (AvgIpc) is 3.02. The van der Waals surface area contributed by atoms with Crippen molar-refractivity contribution in [1.82, 2.24) is 4.31 Å². The Bertz CT molecular complexity index is 730. The molecule has 0 aromatic heterocycles. The van der Waals surface area contributed by atoms with Crippen LogP contribution < -0.4 is 0 Å². The first-order valence-electron chi connectivity index (χ1n) is 6.98. The van der Waals surface area contributed by atoms with Crippen molar-refractivity contribution in [3.8, 4) is 0 Å². The molecule has 1 spiro atoms. The first kappa shape index (κ1) is 13.9. The van der Waals surface area contributed by atoms with Crippen LogP contribution in [-0.4, -0.2) is 41.8 Å². The molecule has 1 aromatic rings. The predicted molar refractivity (Wildman–Crippen MR) is 83.0 cm³/mol. The van der Waals surface area contributed by atoms with E-state index >= 15 is 0 Å². The Hall–Kier alpha value is -0.690. The third-order valence-electron chi connectivity index (χ3n) is 4.72. The van der Waals surface area contributed by atoms with E-state index in [0.717, 1.165) is 12.0 Å². The van der Waals surface area contributed by atoms with Crippen molar-refractivity contribution in [2.75, 3.05) is 13.1 Å². The molecule has 0 aliphatic carbocycles. The lowest BCUT2D eigenvalue weighted by Crippen LogP contribution is -2.43. The van der Waals surface area contributed by atoms with E-state index in [9.17, 15) is 8.42 Å². The van der Waals surface area contributed by atoms with Crippen LogP contribution in [0.25, 0.3) is 0 Å². The Kier molecular flexibility index (Phi) is 2.78. The topological polar surface area (TPSA) is 46.6 Å². The van der Waals surface area contributed by atoms with Crippen molar-refractivity contribution >= 4 is 26.0 Å². The first-order valence-corrected chi connectivity index (χ1v) is 9.21. The molecule has 1 aromatic carbocycles. The summed E-state index contributed by atoms with van der Waals surface area (Å²) in [5, 5.41) is 0. The van der Waals surface area contributed by atoms with Crippen LogP contribution in [0.5, 0.6) is 0 Å². The number of alkyl halides is 1. The molecule has 0 N–H and O–H groups in total. The highest BCUT2D eigenvalue weighted by molar-refractivity contribution is 9.10. The number of benzene rings is 1. The maximum atomic E-state index is 12.8. The molecule has 4 nitrogen and oxygen atoms in total. The van der Waals surface area contributed by atoms with Crippen molar-refractivity contribution in [2.45, 2.75) is 34.3 Å². The van der Waals surface area contributed by atoms with Gasteiger partial charge in [0.25, 0.3) is 0 Å². The van der Waals surface area contributed by atoms with E-state index in [1.54, 1.807) is 12.1 Å². The standard InChI is InChI=1S/C15H16BrNO3S/c1-11-2-4-13(5-3-11)21(18,19)17-9-14(16)8-12-6-7-15(14,10-17)20-12/h2-7,12H,8-10H2,1H3/t12-,14-,15-/m1/s1. The number of rotatable bonds is 2. The molecular formula is C15H16BrNO3S. The number of aryl methyl sites for hydroxylation is 1. The third kappa shape index (κ3) is 1.82. The molecule has 2 saturated heterocycles. The van der Waals surface area contributed by atoms with E-state index in [2.05, 4.69) is 15.9 Å². The van der Waals surface area contributed by atoms with Gasteiger partial charge in [0.2, 0.25) is 10.0 Å². The lowest BCUT2D eigenvalue weighted by Gasteiger charge is -2.29. The molecule has 3 heterocycles.